The van der Waals surface area contributed by atoms with Crippen LogP contribution in [0.25, 0.3) is 16.9 Å². The summed E-state index contributed by atoms with van der Waals surface area (Å²) in [5.74, 6) is -0.109. The number of H-pyrrole nitrogens is 2. The fourth-order valence-corrected chi connectivity index (χ4v) is 2.18. The van der Waals surface area contributed by atoms with Crippen molar-refractivity contribution in [2.24, 2.45) is 0 Å². The van der Waals surface area contributed by atoms with Crippen LogP contribution in [0.5, 0.6) is 5.75 Å². The van der Waals surface area contributed by atoms with Crippen molar-refractivity contribution >= 4 is 11.2 Å². The molecule has 2 heterocycles. The van der Waals surface area contributed by atoms with Crippen LogP contribution in [-0.4, -0.2) is 25.9 Å². The molecule has 2 aromatic heterocycles. The molecule has 0 fully saturated rings. The van der Waals surface area contributed by atoms with Gasteiger partial charge < -0.3 is 9.72 Å². The predicted octanol–water partition coefficient (Wildman–Crippen LogP) is 1.61. The van der Waals surface area contributed by atoms with E-state index in [1.165, 1.54) is 12.1 Å². The number of fused-ring (bicyclic) bond motifs is 1. The summed E-state index contributed by atoms with van der Waals surface area (Å²) in [7, 11) is 0. The predicted molar refractivity (Wildman–Crippen MR) is 73.7 cm³/mol. The summed E-state index contributed by atoms with van der Waals surface area (Å²) in [5.41, 5.74) is -0.904. The van der Waals surface area contributed by atoms with Gasteiger partial charge in [-0.15, -0.1) is 13.2 Å². The number of aromatic amines is 2. The highest BCUT2D eigenvalue weighted by Gasteiger charge is 2.31. The molecule has 0 bridgehead atoms. The van der Waals surface area contributed by atoms with E-state index in [1.54, 1.807) is 6.92 Å². The molecular weight excluding hydrogens is 317 g/mol. The van der Waals surface area contributed by atoms with Gasteiger partial charge in [-0.3, -0.25) is 14.3 Å². The number of aryl methyl sites for hydroxylation is 1. The Balaban J connectivity index is 2.12. The van der Waals surface area contributed by atoms with E-state index in [4.69, 9.17) is 0 Å². The molecule has 0 saturated carbocycles. The van der Waals surface area contributed by atoms with Gasteiger partial charge in [0.15, 0.2) is 11.2 Å². The van der Waals surface area contributed by atoms with E-state index in [9.17, 15) is 22.8 Å². The number of ether oxygens (including phenoxy) is 1. The monoisotopic (exact) mass is 326 g/mol. The highest BCUT2D eigenvalue weighted by Crippen LogP contribution is 2.23. The van der Waals surface area contributed by atoms with Gasteiger partial charge in [0.25, 0.3) is 5.56 Å². The second kappa shape index (κ2) is 5.00. The first-order valence-electron chi connectivity index (χ1n) is 6.32. The first-order valence-corrected chi connectivity index (χ1v) is 6.32. The molecule has 1 aromatic carbocycles. The number of halogens is 3. The molecule has 3 aromatic rings. The van der Waals surface area contributed by atoms with Crippen LogP contribution in [0.15, 0.2) is 33.9 Å². The van der Waals surface area contributed by atoms with E-state index in [2.05, 4.69) is 19.7 Å². The van der Waals surface area contributed by atoms with E-state index in [1.807, 2.05) is 0 Å². The van der Waals surface area contributed by atoms with Gasteiger partial charge in [0, 0.05) is 0 Å². The van der Waals surface area contributed by atoms with Gasteiger partial charge in [-0.2, -0.15) is 0 Å². The fraction of sp³-hybridized carbons (Fsp3) is 0.154. The molecule has 0 aliphatic heterocycles. The minimum Gasteiger partial charge on any atom is -0.406 e. The maximum Gasteiger partial charge on any atom is 0.573 e. The van der Waals surface area contributed by atoms with Crippen molar-refractivity contribution in [2.45, 2.75) is 13.3 Å². The van der Waals surface area contributed by atoms with Gasteiger partial charge in [-0.25, -0.2) is 9.78 Å². The number of rotatable bonds is 2. The number of benzene rings is 1. The molecule has 0 unspecified atom stereocenters. The number of alkyl halides is 3. The van der Waals surface area contributed by atoms with Crippen molar-refractivity contribution in [2.75, 3.05) is 0 Å². The lowest BCUT2D eigenvalue weighted by atomic mass is 10.3. The van der Waals surface area contributed by atoms with Crippen LogP contribution < -0.4 is 16.0 Å². The minimum absolute atomic E-state index is 0.0231. The molecule has 0 saturated heterocycles. The van der Waals surface area contributed by atoms with Gasteiger partial charge in [0.05, 0.1) is 5.69 Å². The first kappa shape index (κ1) is 14.9. The van der Waals surface area contributed by atoms with E-state index in [-0.39, 0.29) is 16.9 Å². The maximum atomic E-state index is 12.1. The topological polar surface area (TPSA) is 92.8 Å². The number of imidazole rings is 1. The van der Waals surface area contributed by atoms with Gasteiger partial charge in [-0.05, 0) is 31.2 Å². The number of nitrogens with zero attached hydrogens (tertiary/aromatic N) is 2. The Bertz CT molecular complexity index is 983. The normalized spacial score (nSPS) is 11.8. The van der Waals surface area contributed by atoms with E-state index >= 15 is 0 Å². The number of nitrogens with one attached hydrogen (secondary N) is 2. The Morgan fingerprint density at radius 1 is 1.13 bits per heavy atom. The molecule has 0 spiro atoms. The largest absolute Gasteiger partial charge is 0.573 e. The molecule has 120 valence electrons. The van der Waals surface area contributed by atoms with E-state index < -0.39 is 23.4 Å². The zero-order valence-corrected chi connectivity index (χ0v) is 11.6. The van der Waals surface area contributed by atoms with Crippen LogP contribution in [0.1, 0.15) is 5.82 Å². The van der Waals surface area contributed by atoms with E-state index in [0.717, 1.165) is 16.7 Å². The highest BCUT2D eigenvalue weighted by molar-refractivity contribution is 5.72. The number of aromatic nitrogens is 4. The average molecular weight is 326 g/mol. The Morgan fingerprint density at radius 3 is 2.39 bits per heavy atom. The lowest BCUT2D eigenvalue weighted by Gasteiger charge is -2.09. The zero-order chi connectivity index (χ0) is 16.8. The molecule has 0 radical (unpaired) electrons. The van der Waals surface area contributed by atoms with Gasteiger partial charge >= 0.3 is 12.1 Å². The molecule has 0 amide bonds. The lowest BCUT2D eigenvalue weighted by Crippen LogP contribution is -2.19. The van der Waals surface area contributed by atoms with Crippen molar-refractivity contribution in [3.8, 4) is 11.4 Å². The summed E-state index contributed by atoms with van der Waals surface area (Å²) < 4.78 is 41.2. The quantitative estimate of drug-likeness (QED) is 0.748. The Hall–Kier alpha value is -3.04. The summed E-state index contributed by atoms with van der Waals surface area (Å²) in [6.45, 7) is 1.56. The van der Waals surface area contributed by atoms with Crippen molar-refractivity contribution in [1.82, 2.24) is 19.5 Å². The standard InChI is InChI=1S/C13H9F3N4O3/c1-6-17-10-9(11(21)18-6)20(12(22)19-10)7-2-4-8(5-3-7)23-13(14,15)16/h2-5H,1H3,(H2,17,18,19,21,22). The van der Waals surface area contributed by atoms with Crippen molar-refractivity contribution in [1.29, 1.82) is 0 Å². The highest BCUT2D eigenvalue weighted by atomic mass is 19.4. The summed E-state index contributed by atoms with van der Waals surface area (Å²) >= 11 is 0. The molecule has 0 aliphatic rings. The average Bonchev–Trinajstić information content (AvgIpc) is 2.74. The molecule has 0 aliphatic carbocycles. The Labute approximate surface area is 125 Å². The van der Waals surface area contributed by atoms with Gasteiger partial charge in [0.1, 0.15) is 11.6 Å². The van der Waals surface area contributed by atoms with Gasteiger partial charge in [-0.1, -0.05) is 0 Å². The lowest BCUT2D eigenvalue weighted by molar-refractivity contribution is -0.274. The Morgan fingerprint density at radius 2 is 1.78 bits per heavy atom. The van der Waals surface area contributed by atoms with Crippen molar-refractivity contribution in [3.63, 3.8) is 0 Å². The van der Waals surface area contributed by atoms with Crippen molar-refractivity contribution < 1.29 is 17.9 Å². The molecule has 7 nitrogen and oxygen atoms in total. The molecule has 23 heavy (non-hydrogen) atoms. The smallest absolute Gasteiger partial charge is 0.406 e. The zero-order valence-electron chi connectivity index (χ0n) is 11.6. The number of hydrogen-bond donors (Lipinski definition) is 2. The second-order valence-corrected chi connectivity index (χ2v) is 4.66. The third-order valence-electron chi connectivity index (χ3n) is 2.99. The summed E-state index contributed by atoms with van der Waals surface area (Å²) in [6, 6.07) is 4.55. The molecule has 0 atom stereocenters. The summed E-state index contributed by atoms with van der Waals surface area (Å²) in [4.78, 5) is 32.9. The fourth-order valence-electron chi connectivity index (χ4n) is 2.18. The minimum atomic E-state index is -4.81. The van der Waals surface area contributed by atoms with Crippen LogP contribution in [-0.2, 0) is 0 Å². The summed E-state index contributed by atoms with van der Waals surface area (Å²) in [5, 5.41) is 0. The van der Waals surface area contributed by atoms with Gasteiger partial charge in [0.2, 0.25) is 0 Å². The second-order valence-electron chi connectivity index (χ2n) is 4.66. The van der Waals surface area contributed by atoms with Crippen LogP contribution >= 0.6 is 0 Å². The van der Waals surface area contributed by atoms with Crippen LogP contribution in [0.2, 0.25) is 0 Å². The maximum absolute atomic E-state index is 12.1. The first-order chi connectivity index (χ1) is 10.7. The SMILES string of the molecule is Cc1nc2[nH]c(=O)n(-c3ccc(OC(F)(F)F)cc3)c2c(=O)[nH]1. The third-order valence-corrected chi connectivity index (χ3v) is 2.99. The molecular formula is C13H9F3N4O3. The molecule has 2 N–H and O–H groups in total. The molecule has 10 heteroatoms. The van der Waals surface area contributed by atoms with Crippen LogP contribution in [0, 0.1) is 6.92 Å². The van der Waals surface area contributed by atoms with E-state index in [0.29, 0.717) is 5.82 Å². The Kier molecular flexibility index (Phi) is 3.24. The number of hydrogen-bond acceptors (Lipinski definition) is 4. The van der Waals surface area contributed by atoms with Crippen LogP contribution in [0.3, 0.4) is 0 Å². The van der Waals surface area contributed by atoms with Crippen molar-refractivity contribution in [3.05, 3.63) is 50.9 Å². The van der Waals surface area contributed by atoms with Crippen LogP contribution in [0.4, 0.5) is 13.2 Å². The third kappa shape index (κ3) is 2.82. The molecule has 3 rings (SSSR count). The summed E-state index contributed by atoms with van der Waals surface area (Å²) in [6.07, 6.45) is -4.81.